The Kier molecular flexibility index (Phi) is 4.66. The van der Waals surface area contributed by atoms with Gasteiger partial charge in [-0.15, -0.1) is 0 Å². The summed E-state index contributed by atoms with van der Waals surface area (Å²) in [5, 5.41) is 1.12. The van der Waals surface area contributed by atoms with E-state index in [1.807, 2.05) is 24.3 Å². The summed E-state index contributed by atoms with van der Waals surface area (Å²) in [7, 11) is -3.69. The number of aromatic amines is 1. The van der Waals surface area contributed by atoms with Gasteiger partial charge >= 0.3 is 0 Å². The van der Waals surface area contributed by atoms with Crippen LogP contribution >= 0.6 is 11.6 Å². The molecule has 0 radical (unpaired) electrons. The van der Waals surface area contributed by atoms with Gasteiger partial charge in [-0.2, -0.15) is 0 Å². The molecule has 0 aliphatic heterocycles. The van der Waals surface area contributed by atoms with Gasteiger partial charge in [0.05, 0.1) is 0 Å². The van der Waals surface area contributed by atoms with Crippen molar-refractivity contribution in [1.29, 1.82) is 0 Å². The topological polar surface area (TPSA) is 91.9 Å². The zero-order chi connectivity index (χ0) is 17.2. The molecule has 2 heterocycles. The Bertz CT molecular complexity index is 1030. The summed E-state index contributed by atoms with van der Waals surface area (Å²) in [6.07, 6.45) is 1.47. The second-order valence-corrected chi connectivity index (χ2v) is 7.33. The molecule has 0 saturated heterocycles. The highest BCUT2D eigenvalue weighted by Crippen LogP contribution is 2.12. The first-order valence-electron chi connectivity index (χ1n) is 7.18. The van der Waals surface area contributed by atoms with Gasteiger partial charge in [-0.3, -0.25) is 4.79 Å². The summed E-state index contributed by atoms with van der Waals surface area (Å²) in [5.74, 6) is 0. The zero-order valence-corrected chi connectivity index (χ0v) is 14.1. The van der Waals surface area contributed by atoms with E-state index in [9.17, 15) is 13.2 Å². The number of pyridine rings is 2. The summed E-state index contributed by atoms with van der Waals surface area (Å²) in [5.41, 5.74) is 1.05. The molecule has 124 valence electrons. The number of rotatable bonds is 5. The van der Waals surface area contributed by atoms with Gasteiger partial charge in [0.25, 0.3) is 5.56 Å². The number of nitrogens with zero attached hydrogens (tertiary/aromatic N) is 1. The molecule has 1 aromatic carbocycles. The van der Waals surface area contributed by atoms with Crippen LogP contribution in [0, 0.1) is 0 Å². The highest BCUT2D eigenvalue weighted by molar-refractivity contribution is 7.89. The van der Waals surface area contributed by atoms with Crippen LogP contribution in [-0.4, -0.2) is 24.9 Å². The molecule has 6 nitrogen and oxygen atoms in total. The van der Waals surface area contributed by atoms with Crippen LogP contribution in [0.15, 0.2) is 58.4 Å². The molecule has 0 fully saturated rings. The lowest BCUT2D eigenvalue weighted by molar-refractivity contribution is 0.581. The van der Waals surface area contributed by atoms with Crippen LogP contribution in [0.5, 0.6) is 0 Å². The van der Waals surface area contributed by atoms with Gasteiger partial charge in [0.1, 0.15) is 10.0 Å². The molecule has 2 N–H and O–H groups in total. The molecule has 0 amide bonds. The summed E-state index contributed by atoms with van der Waals surface area (Å²) >= 11 is 5.65. The molecular formula is C16H14ClN3O3S. The number of benzene rings is 1. The maximum Gasteiger partial charge on any atom is 0.251 e. The quantitative estimate of drug-likeness (QED) is 0.679. The van der Waals surface area contributed by atoms with E-state index >= 15 is 0 Å². The Morgan fingerprint density at radius 3 is 2.71 bits per heavy atom. The summed E-state index contributed by atoms with van der Waals surface area (Å²) in [4.78, 5) is 18.6. The maximum absolute atomic E-state index is 12.2. The number of fused-ring (bicyclic) bond motifs is 1. The lowest BCUT2D eigenvalue weighted by atomic mass is 10.1. The van der Waals surface area contributed by atoms with E-state index in [2.05, 4.69) is 14.7 Å². The van der Waals surface area contributed by atoms with E-state index in [0.29, 0.717) is 5.56 Å². The van der Waals surface area contributed by atoms with Gasteiger partial charge in [0.15, 0.2) is 0 Å². The molecule has 8 heteroatoms. The molecule has 3 aromatic rings. The van der Waals surface area contributed by atoms with Gasteiger partial charge in [-0.05, 0) is 36.1 Å². The zero-order valence-electron chi connectivity index (χ0n) is 12.5. The van der Waals surface area contributed by atoms with Crippen LogP contribution in [0.4, 0.5) is 0 Å². The number of hydrogen-bond acceptors (Lipinski definition) is 4. The molecule has 0 aliphatic rings. The van der Waals surface area contributed by atoms with Crippen LogP contribution in [0.3, 0.4) is 0 Å². The fourth-order valence-corrected chi connectivity index (χ4v) is 3.39. The van der Waals surface area contributed by atoms with Crippen LogP contribution in [0.25, 0.3) is 10.9 Å². The number of H-pyrrole nitrogens is 1. The normalized spacial score (nSPS) is 11.7. The van der Waals surface area contributed by atoms with Gasteiger partial charge in [0.2, 0.25) is 10.0 Å². The predicted octanol–water partition coefficient (Wildman–Crippen LogP) is 2.10. The molecular weight excluding hydrogens is 350 g/mol. The highest BCUT2D eigenvalue weighted by atomic mass is 35.5. The van der Waals surface area contributed by atoms with E-state index in [1.54, 1.807) is 6.07 Å². The number of aromatic nitrogens is 2. The van der Waals surface area contributed by atoms with E-state index in [-0.39, 0.29) is 28.6 Å². The predicted molar refractivity (Wildman–Crippen MR) is 92.7 cm³/mol. The fraction of sp³-hybridized carbons (Fsp3) is 0.125. The largest absolute Gasteiger partial charge is 0.322 e. The van der Waals surface area contributed by atoms with Crippen molar-refractivity contribution < 1.29 is 8.42 Å². The number of para-hydroxylation sites is 1. The Morgan fingerprint density at radius 2 is 1.96 bits per heavy atom. The maximum atomic E-state index is 12.2. The van der Waals surface area contributed by atoms with Crippen molar-refractivity contribution in [2.45, 2.75) is 11.3 Å². The second kappa shape index (κ2) is 6.72. The van der Waals surface area contributed by atoms with Crippen LogP contribution in [-0.2, 0) is 16.4 Å². The van der Waals surface area contributed by atoms with Crippen molar-refractivity contribution in [3.63, 3.8) is 0 Å². The summed E-state index contributed by atoms with van der Waals surface area (Å²) in [6, 6.07) is 12.0. The highest BCUT2D eigenvalue weighted by Gasteiger charge is 2.14. The minimum Gasteiger partial charge on any atom is -0.322 e. The Balaban J connectivity index is 1.73. The minimum absolute atomic E-state index is 0.0271. The summed E-state index contributed by atoms with van der Waals surface area (Å²) in [6.45, 7) is 0.104. The standard InChI is InChI=1S/C16H14ClN3O3S/c17-15-6-5-13(10-18-15)24(22,23)19-8-7-12-9-11-3-1-2-4-14(11)20-16(12)21/h1-6,9-10,19H,7-8H2,(H,20,21). The Labute approximate surface area is 143 Å². The third kappa shape index (κ3) is 3.64. The first-order chi connectivity index (χ1) is 11.5. The van der Waals surface area contributed by atoms with Crippen molar-refractivity contribution in [1.82, 2.24) is 14.7 Å². The van der Waals surface area contributed by atoms with E-state index in [0.717, 1.165) is 10.9 Å². The molecule has 0 aliphatic carbocycles. The van der Waals surface area contributed by atoms with Crippen molar-refractivity contribution in [3.8, 4) is 0 Å². The third-order valence-corrected chi connectivity index (χ3v) is 5.20. The van der Waals surface area contributed by atoms with E-state index < -0.39 is 10.0 Å². The number of sulfonamides is 1. The molecule has 0 unspecified atom stereocenters. The van der Waals surface area contributed by atoms with Gasteiger partial charge in [-0.1, -0.05) is 29.8 Å². The number of halogens is 1. The molecule has 0 atom stereocenters. The van der Waals surface area contributed by atoms with E-state index in [4.69, 9.17) is 11.6 Å². The van der Waals surface area contributed by atoms with Gasteiger partial charge in [0, 0.05) is 23.8 Å². The Morgan fingerprint density at radius 1 is 1.17 bits per heavy atom. The van der Waals surface area contributed by atoms with Crippen LogP contribution in [0.2, 0.25) is 5.15 Å². The van der Waals surface area contributed by atoms with Crippen LogP contribution in [0.1, 0.15) is 5.56 Å². The summed E-state index contributed by atoms with van der Waals surface area (Å²) < 4.78 is 26.8. The molecule has 2 aromatic heterocycles. The number of nitrogens with one attached hydrogen (secondary N) is 2. The van der Waals surface area contributed by atoms with Gasteiger partial charge in [-0.25, -0.2) is 18.1 Å². The first kappa shape index (κ1) is 16.6. The molecule has 0 bridgehead atoms. The minimum atomic E-state index is -3.69. The second-order valence-electron chi connectivity index (χ2n) is 5.18. The Hall–Kier alpha value is -2.22. The van der Waals surface area contributed by atoms with Gasteiger partial charge < -0.3 is 4.98 Å². The average Bonchev–Trinajstić information content (AvgIpc) is 2.55. The third-order valence-electron chi connectivity index (χ3n) is 3.53. The number of hydrogen-bond donors (Lipinski definition) is 2. The lowest BCUT2D eigenvalue weighted by Gasteiger charge is -2.07. The monoisotopic (exact) mass is 363 g/mol. The molecule has 3 rings (SSSR count). The lowest BCUT2D eigenvalue weighted by Crippen LogP contribution is -2.27. The fourth-order valence-electron chi connectivity index (χ4n) is 2.30. The van der Waals surface area contributed by atoms with Crippen molar-refractivity contribution in [2.24, 2.45) is 0 Å². The SMILES string of the molecule is O=c1[nH]c2ccccc2cc1CCNS(=O)(=O)c1ccc(Cl)nc1. The molecule has 0 saturated carbocycles. The van der Waals surface area contributed by atoms with E-state index in [1.165, 1.54) is 18.3 Å². The average molecular weight is 364 g/mol. The van der Waals surface area contributed by atoms with Crippen molar-refractivity contribution in [2.75, 3.05) is 6.54 Å². The van der Waals surface area contributed by atoms with Crippen molar-refractivity contribution >= 4 is 32.5 Å². The first-order valence-corrected chi connectivity index (χ1v) is 9.04. The molecule has 0 spiro atoms. The van der Waals surface area contributed by atoms with Crippen molar-refractivity contribution in [3.05, 3.63) is 69.7 Å². The smallest absolute Gasteiger partial charge is 0.251 e. The van der Waals surface area contributed by atoms with Crippen LogP contribution < -0.4 is 10.3 Å². The molecule has 24 heavy (non-hydrogen) atoms.